The molecule has 2 aromatic carbocycles. The maximum atomic E-state index is 11.9. The zero-order valence-electron chi connectivity index (χ0n) is 12.3. The van der Waals surface area contributed by atoms with Crippen LogP contribution >= 0.6 is 0 Å². The zero-order valence-corrected chi connectivity index (χ0v) is 12.3. The minimum Gasteiger partial charge on any atom is -0.492 e. The van der Waals surface area contributed by atoms with Crippen LogP contribution in [0.4, 0.5) is 5.69 Å². The number of ether oxygens (including phenoxy) is 2. The number of benzene rings is 2. The van der Waals surface area contributed by atoms with Gasteiger partial charge in [-0.05, 0) is 38.1 Å². The molecular weight excluding hydrogens is 266 g/mol. The quantitative estimate of drug-likeness (QED) is 0.884. The van der Waals surface area contributed by atoms with E-state index in [2.05, 4.69) is 5.32 Å². The second kappa shape index (κ2) is 7.33. The first-order valence-electron chi connectivity index (χ1n) is 6.90. The Morgan fingerprint density at radius 3 is 2.48 bits per heavy atom. The molecule has 110 valence electrons. The number of hydrogen-bond donors (Lipinski definition) is 1. The van der Waals surface area contributed by atoms with Crippen LogP contribution in [0.5, 0.6) is 11.5 Å². The predicted molar refractivity (Wildman–Crippen MR) is 82.9 cm³/mol. The first-order valence-corrected chi connectivity index (χ1v) is 6.90. The Labute approximate surface area is 124 Å². The molecular formula is C17H19NO3. The van der Waals surface area contributed by atoms with Crippen LogP contribution < -0.4 is 14.8 Å². The van der Waals surface area contributed by atoms with Gasteiger partial charge in [0.05, 0.1) is 12.3 Å². The van der Waals surface area contributed by atoms with Gasteiger partial charge in [0.1, 0.15) is 11.5 Å². The summed E-state index contributed by atoms with van der Waals surface area (Å²) in [5, 5.41) is 2.79. The summed E-state index contributed by atoms with van der Waals surface area (Å²) in [7, 11) is 0. The highest BCUT2D eigenvalue weighted by atomic mass is 16.5. The molecule has 0 spiro atoms. The number of rotatable bonds is 6. The lowest BCUT2D eigenvalue weighted by Crippen LogP contribution is -2.20. The van der Waals surface area contributed by atoms with Gasteiger partial charge in [-0.2, -0.15) is 0 Å². The van der Waals surface area contributed by atoms with Crippen LogP contribution in [-0.4, -0.2) is 19.1 Å². The lowest BCUT2D eigenvalue weighted by Gasteiger charge is -2.11. The van der Waals surface area contributed by atoms with Crippen LogP contribution in [0.25, 0.3) is 0 Å². The summed E-state index contributed by atoms with van der Waals surface area (Å²) in [6.45, 7) is 4.41. The fourth-order valence-corrected chi connectivity index (χ4v) is 1.82. The number of carbonyl (C=O) groups is 1. The van der Waals surface area contributed by atoms with Crippen LogP contribution in [0.3, 0.4) is 0 Å². The summed E-state index contributed by atoms with van der Waals surface area (Å²) in [4.78, 5) is 11.9. The fourth-order valence-electron chi connectivity index (χ4n) is 1.82. The molecule has 0 aliphatic carbocycles. The highest BCUT2D eigenvalue weighted by Gasteiger charge is 2.07. The third-order valence-electron chi connectivity index (χ3n) is 2.85. The topological polar surface area (TPSA) is 47.6 Å². The maximum absolute atomic E-state index is 11.9. The van der Waals surface area contributed by atoms with Crippen molar-refractivity contribution in [2.24, 2.45) is 0 Å². The van der Waals surface area contributed by atoms with Gasteiger partial charge < -0.3 is 14.8 Å². The summed E-state index contributed by atoms with van der Waals surface area (Å²) in [6.07, 6.45) is 0. The van der Waals surface area contributed by atoms with Gasteiger partial charge in [0, 0.05) is 0 Å². The highest BCUT2D eigenvalue weighted by Crippen LogP contribution is 2.23. The zero-order chi connectivity index (χ0) is 15.1. The van der Waals surface area contributed by atoms with E-state index in [1.54, 1.807) is 6.07 Å². The predicted octanol–water partition coefficient (Wildman–Crippen LogP) is 3.41. The average Bonchev–Trinajstić information content (AvgIpc) is 2.49. The van der Waals surface area contributed by atoms with E-state index in [0.29, 0.717) is 23.8 Å². The van der Waals surface area contributed by atoms with Gasteiger partial charge in [-0.3, -0.25) is 4.79 Å². The molecule has 0 bridgehead atoms. The molecule has 0 aliphatic heterocycles. The smallest absolute Gasteiger partial charge is 0.262 e. The highest BCUT2D eigenvalue weighted by molar-refractivity contribution is 5.93. The number of nitrogens with one attached hydrogen (secondary N) is 1. The molecule has 0 saturated carbocycles. The van der Waals surface area contributed by atoms with Crippen molar-refractivity contribution in [1.82, 2.24) is 0 Å². The Bertz CT molecular complexity index is 593. The molecule has 0 fully saturated rings. The van der Waals surface area contributed by atoms with Crippen molar-refractivity contribution < 1.29 is 14.3 Å². The van der Waals surface area contributed by atoms with Gasteiger partial charge >= 0.3 is 0 Å². The molecule has 2 aromatic rings. The number of para-hydroxylation sites is 2. The molecule has 21 heavy (non-hydrogen) atoms. The molecule has 0 aliphatic rings. The van der Waals surface area contributed by atoms with Crippen LogP contribution in [-0.2, 0) is 4.79 Å². The molecule has 0 unspecified atom stereocenters. The van der Waals surface area contributed by atoms with Crippen molar-refractivity contribution in [1.29, 1.82) is 0 Å². The number of hydrogen-bond acceptors (Lipinski definition) is 3. The largest absolute Gasteiger partial charge is 0.492 e. The van der Waals surface area contributed by atoms with Gasteiger partial charge in [0.25, 0.3) is 5.91 Å². The van der Waals surface area contributed by atoms with E-state index < -0.39 is 0 Å². The minimum absolute atomic E-state index is 0.0382. The second-order valence-corrected chi connectivity index (χ2v) is 4.58. The van der Waals surface area contributed by atoms with Gasteiger partial charge in [-0.1, -0.05) is 29.8 Å². The molecule has 1 amide bonds. The van der Waals surface area contributed by atoms with Crippen LogP contribution in [0.1, 0.15) is 12.5 Å². The van der Waals surface area contributed by atoms with Gasteiger partial charge in [0.2, 0.25) is 0 Å². The molecule has 1 N–H and O–H groups in total. The van der Waals surface area contributed by atoms with E-state index in [1.807, 2.05) is 56.3 Å². The van der Waals surface area contributed by atoms with Crippen LogP contribution in [0.15, 0.2) is 48.5 Å². The van der Waals surface area contributed by atoms with Crippen molar-refractivity contribution in [3.63, 3.8) is 0 Å². The Kier molecular flexibility index (Phi) is 5.21. The van der Waals surface area contributed by atoms with Crippen molar-refractivity contribution in [3.05, 3.63) is 54.1 Å². The Hall–Kier alpha value is -2.49. The maximum Gasteiger partial charge on any atom is 0.262 e. The van der Waals surface area contributed by atoms with E-state index in [4.69, 9.17) is 9.47 Å². The second-order valence-electron chi connectivity index (χ2n) is 4.58. The van der Waals surface area contributed by atoms with Crippen LogP contribution in [0.2, 0.25) is 0 Å². The lowest BCUT2D eigenvalue weighted by molar-refractivity contribution is -0.118. The van der Waals surface area contributed by atoms with Crippen molar-refractivity contribution in [2.45, 2.75) is 13.8 Å². The van der Waals surface area contributed by atoms with Crippen molar-refractivity contribution >= 4 is 11.6 Å². The van der Waals surface area contributed by atoms with E-state index in [9.17, 15) is 4.79 Å². The van der Waals surface area contributed by atoms with Crippen molar-refractivity contribution in [2.75, 3.05) is 18.5 Å². The SMILES string of the molecule is CCOc1ccccc1NC(=O)COc1ccc(C)cc1. The molecule has 0 atom stereocenters. The molecule has 4 heteroatoms. The molecule has 0 aromatic heterocycles. The summed E-state index contributed by atoms with van der Waals surface area (Å²) >= 11 is 0. The standard InChI is InChI=1S/C17H19NO3/c1-3-20-16-7-5-4-6-15(16)18-17(19)12-21-14-10-8-13(2)9-11-14/h4-11H,3,12H2,1-2H3,(H,18,19). The third-order valence-corrected chi connectivity index (χ3v) is 2.85. The Morgan fingerprint density at radius 2 is 1.76 bits per heavy atom. The molecule has 2 rings (SSSR count). The average molecular weight is 285 g/mol. The molecule has 0 heterocycles. The summed E-state index contributed by atoms with van der Waals surface area (Å²) < 4.78 is 10.9. The Morgan fingerprint density at radius 1 is 1.05 bits per heavy atom. The minimum atomic E-state index is -0.220. The Balaban J connectivity index is 1.91. The van der Waals surface area contributed by atoms with E-state index in [-0.39, 0.29) is 12.5 Å². The number of anilines is 1. The first kappa shape index (κ1) is 14.9. The van der Waals surface area contributed by atoms with Gasteiger partial charge in [0.15, 0.2) is 6.61 Å². The molecule has 4 nitrogen and oxygen atoms in total. The van der Waals surface area contributed by atoms with Gasteiger partial charge in [-0.25, -0.2) is 0 Å². The third kappa shape index (κ3) is 4.53. The van der Waals surface area contributed by atoms with Crippen LogP contribution in [0, 0.1) is 6.92 Å². The normalized spacial score (nSPS) is 10.0. The first-order chi connectivity index (χ1) is 10.2. The van der Waals surface area contributed by atoms with E-state index in [0.717, 1.165) is 5.56 Å². The lowest BCUT2D eigenvalue weighted by atomic mass is 10.2. The summed E-state index contributed by atoms with van der Waals surface area (Å²) in [6, 6.07) is 14.9. The molecule has 0 saturated heterocycles. The van der Waals surface area contributed by atoms with Gasteiger partial charge in [-0.15, -0.1) is 0 Å². The number of carbonyl (C=O) groups excluding carboxylic acids is 1. The summed E-state index contributed by atoms with van der Waals surface area (Å²) in [5.41, 5.74) is 1.80. The summed E-state index contributed by atoms with van der Waals surface area (Å²) in [5.74, 6) is 1.11. The van der Waals surface area contributed by atoms with E-state index in [1.165, 1.54) is 0 Å². The monoisotopic (exact) mass is 285 g/mol. The van der Waals surface area contributed by atoms with Crippen molar-refractivity contribution in [3.8, 4) is 11.5 Å². The number of aryl methyl sites for hydroxylation is 1. The molecule has 0 radical (unpaired) electrons. The number of amides is 1. The van der Waals surface area contributed by atoms with E-state index >= 15 is 0 Å². The fraction of sp³-hybridized carbons (Fsp3) is 0.235.